The topological polar surface area (TPSA) is 101 Å². The van der Waals surface area contributed by atoms with E-state index in [2.05, 4.69) is 15.2 Å². The smallest absolute Gasteiger partial charge is 0.252 e. The molecular formula is C28H27N5O2. The number of carbonyl (C=O) groups excluding carboxylic acids is 2. The molecule has 2 aromatic heterocycles. The van der Waals surface area contributed by atoms with Gasteiger partial charge in [0.25, 0.3) is 5.91 Å². The molecule has 2 aromatic carbocycles. The second-order valence-corrected chi connectivity index (χ2v) is 8.77. The lowest BCUT2D eigenvalue weighted by atomic mass is 9.96. The lowest BCUT2D eigenvalue weighted by Gasteiger charge is -2.32. The number of benzene rings is 2. The van der Waals surface area contributed by atoms with Gasteiger partial charge in [-0.3, -0.25) is 9.59 Å². The maximum absolute atomic E-state index is 13.4. The summed E-state index contributed by atoms with van der Waals surface area (Å²) in [6, 6.07) is 23.2. The molecule has 4 aromatic rings. The van der Waals surface area contributed by atoms with Crippen LogP contribution in [0.1, 0.15) is 28.8 Å². The number of primary amides is 1. The van der Waals surface area contributed by atoms with Crippen molar-refractivity contribution in [2.75, 3.05) is 18.0 Å². The van der Waals surface area contributed by atoms with E-state index in [-0.39, 0.29) is 17.7 Å². The Morgan fingerprint density at radius 1 is 0.971 bits per heavy atom. The van der Waals surface area contributed by atoms with Crippen LogP contribution in [0.4, 0.5) is 5.82 Å². The van der Waals surface area contributed by atoms with Crippen molar-refractivity contribution in [3.63, 3.8) is 0 Å². The van der Waals surface area contributed by atoms with E-state index in [0.29, 0.717) is 38.0 Å². The summed E-state index contributed by atoms with van der Waals surface area (Å²) in [5.74, 6) is 0.345. The van der Waals surface area contributed by atoms with E-state index in [4.69, 9.17) is 10.7 Å². The Hall–Kier alpha value is -4.26. The van der Waals surface area contributed by atoms with Crippen molar-refractivity contribution in [3.8, 4) is 11.3 Å². The van der Waals surface area contributed by atoms with Gasteiger partial charge >= 0.3 is 0 Å². The predicted molar refractivity (Wildman–Crippen MR) is 137 cm³/mol. The maximum Gasteiger partial charge on any atom is 0.252 e. The molecule has 1 saturated heterocycles. The number of anilines is 1. The molecule has 0 aliphatic carbocycles. The molecule has 0 spiro atoms. The summed E-state index contributed by atoms with van der Waals surface area (Å²) < 4.78 is 0. The molecule has 0 saturated carbocycles. The van der Waals surface area contributed by atoms with Crippen LogP contribution >= 0.6 is 0 Å². The highest BCUT2D eigenvalue weighted by Crippen LogP contribution is 2.26. The second-order valence-electron chi connectivity index (χ2n) is 8.77. The SMILES string of the molecule is NC(=O)C1CCN(c2ncccc2CNC(=O)c2cc(-c3ccccc3)nc3ccccc23)CC1. The van der Waals surface area contributed by atoms with Crippen molar-refractivity contribution >= 4 is 28.5 Å². The molecule has 0 atom stereocenters. The van der Waals surface area contributed by atoms with Gasteiger partial charge in [-0.2, -0.15) is 0 Å². The van der Waals surface area contributed by atoms with Gasteiger partial charge in [0.15, 0.2) is 0 Å². The van der Waals surface area contributed by atoms with Crippen LogP contribution in [0.3, 0.4) is 0 Å². The van der Waals surface area contributed by atoms with Gasteiger partial charge in [-0.25, -0.2) is 9.97 Å². The van der Waals surface area contributed by atoms with Crippen LogP contribution in [0.25, 0.3) is 22.2 Å². The van der Waals surface area contributed by atoms with Crippen molar-refractivity contribution in [3.05, 3.63) is 90.1 Å². The monoisotopic (exact) mass is 465 g/mol. The number of aromatic nitrogens is 2. The van der Waals surface area contributed by atoms with Gasteiger partial charge in [0.2, 0.25) is 5.91 Å². The summed E-state index contributed by atoms with van der Waals surface area (Å²) in [5.41, 5.74) is 9.49. The van der Waals surface area contributed by atoms with E-state index in [1.165, 1.54) is 0 Å². The number of pyridine rings is 2. The van der Waals surface area contributed by atoms with Gasteiger partial charge in [0.1, 0.15) is 5.82 Å². The van der Waals surface area contributed by atoms with Crippen LogP contribution in [0.2, 0.25) is 0 Å². The Kier molecular flexibility index (Phi) is 6.39. The minimum absolute atomic E-state index is 0.0862. The minimum Gasteiger partial charge on any atom is -0.369 e. The zero-order valence-corrected chi connectivity index (χ0v) is 19.4. The van der Waals surface area contributed by atoms with Crippen molar-refractivity contribution in [2.45, 2.75) is 19.4 Å². The summed E-state index contributed by atoms with van der Waals surface area (Å²) >= 11 is 0. The fourth-order valence-corrected chi connectivity index (χ4v) is 4.62. The van der Waals surface area contributed by atoms with Crippen molar-refractivity contribution < 1.29 is 9.59 Å². The summed E-state index contributed by atoms with van der Waals surface area (Å²) in [5, 5.41) is 3.89. The van der Waals surface area contributed by atoms with E-state index in [0.717, 1.165) is 33.5 Å². The van der Waals surface area contributed by atoms with Crippen molar-refractivity contribution in [1.82, 2.24) is 15.3 Å². The van der Waals surface area contributed by atoms with Gasteiger partial charge in [0.05, 0.1) is 16.8 Å². The standard InChI is InChI=1S/C28H27N5O2/c29-26(34)20-12-15-33(16-13-20)27-21(9-6-14-30-27)18-31-28(35)23-17-25(19-7-2-1-3-8-19)32-24-11-5-4-10-22(23)24/h1-11,14,17,20H,12-13,15-16,18H2,(H2,29,34)(H,31,35). The average molecular weight is 466 g/mol. The number of piperidine rings is 1. The van der Waals surface area contributed by atoms with Crippen LogP contribution in [0, 0.1) is 5.92 Å². The number of para-hydroxylation sites is 1. The van der Waals surface area contributed by atoms with Gasteiger partial charge in [0, 0.05) is 48.3 Å². The number of carbonyl (C=O) groups is 2. The van der Waals surface area contributed by atoms with E-state index < -0.39 is 0 Å². The summed E-state index contributed by atoms with van der Waals surface area (Å²) in [6.07, 6.45) is 3.18. The molecule has 0 bridgehead atoms. The Morgan fingerprint density at radius 3 is 2.49 bits per heavy atom. The molecule has 176 valence electrons. The number of rotatable bonds is 6. The quantitative estimate of drug-likeness (QED) is 0.449. The molecule has 3 N–H and O–H groups in total. The Labute approximate surface area is 204 Å². The Bertz CT molecular complexity index is 1360. The third-order valence-corrected chi connectivity index (χ3v) is 6.53. The van der Waals surface area contributed by atoms with Crippen LogP contribution in [0.5, 0.6) is 0 Å². The normalized spacial score (nSPS) is 14.1. The van der Waals surface area contributed by atoms with E-state index >= 15 is 0 Å². The molecule has 35 heavy (non-hydrogen) atoms. The van der Waals surface area contributed by atoms with Gasteiger partial charge in [-0.05, 0) is 31.0 Å². The second kappa shape index (κ2) is 9.93. The third-order valence-electron chi connectivity index (χ3n) is 6.53. The highest BCUT2D eigenvalue weighted by Gasteiger charge is 2.25. The molecule has 7 nitrogen and oxygen atoms in total. The van der Waals surface area contributed by atoms with Crippen molar-refractivity contribution in [1.29, 1.82) is 0 Å². The lowest BCUT2D eigenvalue weighted by Crippen LogP contribution is -2.39. The number of nitrogens with one attached hydrogen (secondary N) is 1. The number of amides is 2. The summed E-state index contributed by atoms with van der Waals surface area (Å²) in [6.45, 7) is 1.76. The largest absolute Gasteiger partial charge is 0.369 e. The average Bonchev–Trinajstić information content (AvgIpc) is 2.92. The highest BCUT2D eigenvalue weighted by atomic mass is 16.2. The highest BCUT2D eigenvalue weighted by molar-refractivity contribution is 6.07. The maximum atomic E-state index is 13.4. The summed E-state index contributed by atoms with van der Waals surface area (Å²) in [7, 11) is 0. The zero-order valence-electron chi connectivity index (χ0n) is 19.4. The van der Waals surface area contributed by atoms with Gasteiger partial charge in [-0.15, -0.1) is 0 Å². The van der Waals surface area contributed by atoms with E-state index in [9.17, 15) is 9.59 Å². The number of nitrogens with zero attached hydrogens (tertiary/aromatic N) is 3. The third kappa shape index (κ3) is 4.84. The zero-order chi connectivity index (χ0) is 24.2. The first kappa shape index (κ1) is 22.5. The fourth-order valence-electron chi connectivity index (χ4n) is 4.62. The first-order valence-electron chi connectivity index (χ1n) is 11.8. The van der Waals surface area contributed by atoms with Crippen LogP contribution < -0.4 is 16.0 Å². The molecule has 0 unspecified atom stereocenters. The summed E-state index contributed by atoms with van der Waals surface area (Å²) in [4.78, 5) is 36.4. The number of nitrogens with two attached hydrogens (primary N) is 1. The molecular weight excluding hydrogens is 438 g/mol. The van der Waals surface area contributed by atoms with Gasteiger partial charge < -0.3 is 16.0 Å². The first-order chi connectivity index (χ1) is 17.1. The molecule has 3 heterocycles. The van der Waals surface area contributed by atoms with Crippen LogP contribution in [-0.4, -0.2) is 34.9 Å². The number of fused-ring (bicyclic) bond motifs is 1. The first-order valence-corrected chi connectivity index (χ1v) is 11.8. The molecule has 2 amide bonds. The molecule has 1 fully saturated rings. The van der Waals surface area contributed by atoms with Crippen LogP contribution in [-0.2, 0) is 11.3 Å². The van der Waals surface area contributed by atoms with Gasteiger partial charge in [-0.1, -0.05) is 54.6 Å². The lowest BCUT2D eigenvalue weighted by molar-refractivity contribution is -0.122. The number of hydrogen-bond donors (Lipinski definition) is 2. The molecule has 5 rings (SSSR count). The molecule has 1 aliphatic rings. The molecule has 0 radical (unpaired) electrons. The molecule has 1 aliphatic heterocycles. The fraction of sp³-hybridized carbons (Fsp3) is 0.214. The van der Waals surface area contributed by atoms with E-state index in [1.807, 2.05) is 72.8 Å². The van der Waals surface area contributed by atoms with Crippen molar-refractivity contribution in [2.24, 2.45) is 11.7 Å². The minimum atomic E-state index is -0.238. The molecule has 7 heteroatoms. The predicted octanol–water partition coefficient (Wildman–Crippen LogP) is 3.93. The van der Waals surface area contributed by atoms with E-state index in [1.54, 1.807) is 6.20 Å². The Balaban J connectivity index is 1.38. The Morgan fingerprint density at radius 2 is 1.71 bits per heavy atom. The van der Waals surface area contributed by atoms with Crippen LogP contribution in [0.15, 0.2) is 79.0 Å². The number of hydrogen-bond acceptors (Lipinski definition) is 5.